The Morgan fingerprint density at radius 1 is 1.14 bits per heavy atom. The summed E-state index contributed by atoms with van der Waals surface area (Å²) in [5.74, 6) is 1.54. The van der Waals surface area contributed by atoms with Crippen molar-refractivity contribution in [2.24, 2.45) is 5.92 Å². The highest BCUT2D eigenvalue weighted by atomic mass is 19.1. The number of ether oxygens (including phenoxy) is 1. The molecule has 154 valence electrons. The van der Waals surface area contributed by atoms with Gasteiger partial charge < -0.3 is 14.5 Å². The molecule has 6 nitrogen and oxygen atoms in total. The van der Waals surface area contributed by atoms with E-state index >= 15 is 0 Å². The molecule has 1 saturated heterocycles. The smallest absolute Gasteiger partial charge is 0.225 e. The molecule has 0 bridgehead atoms. The molecule has 0 N–H and O–H groups in total. The molecule has 29 heavy (non-hydrogen) atoms. The number of fused-ring (bicyclic) bond motifs is 1. The van der Waals surface area contributed by atoms with Crippen molar-refractivity contribution in [1.82, 2.24) is 14.9 Å². The van der Waals surface area contributed by atoms with E-state index in [9.17, 15) is 9.18 Å². The number of nitrogens with zero attached hydrogens (tertiary/aromatic N) is 4. The summed E-state index contributed by atoms with van der Waals surface area (Å²) in [5.41, 5.74) is 3.05. The van der Waals surface area contributed by atoms with Gasteiger partial charge in [0, 0.05) is 44.0 Å². The number of carbonyl (C=O) groups is 1. The van der Waals surface area contributed by atoms with E-state index in [1.807, 2.05) is 18.7 Å². The molecule has 0 saturated carbocycles. The highest BCUT2D eigenvalue weighted by Gasteiger charge is 2.29. The number of hydrogen-bond acceptors (Lipinski definition) is 5. The predicted molar refractivity (Wildman–Crippen MR) is 108 cm³/mol. The zero-order chi connectivity index (χ0) is 20.4. The topological polar surface area (TPSA) is 58.6 Å². The van der Waals surface area contributed by atoms with Gasteiger partial charge in [-0.25, -0.2) is 14.4 Å². The van der Waals surface area contributed by atoms with Gasteiger partial charge in [-0.2, -0.15) is 0 Å². The van der Waals surface area contributed by atoms with Gasteiger partial charge in [0.1, 0.15) is 17.5 Å². The third-order valence-electron chi connectivity index (χ3n) is 5.48. The van der Waals surface area contributed by atoms with Crippen LogP contribution >= 0.6 is 0 Å². The molecule has 1 amide bonds. The summed E-state index contributed by atoms with van der Waals surface area (Å²) in [7, 11) is 0. The standard InChI is InChI=1S/C22H27FN4O2/c1-15(2)22(28)27-8-7-19-18(14-27)21(26-9-11-29-12-10-26)25-20(24-19)13-16-3-5-17(23)6-4-16/h3-6,15H,7-14H2,1-2H3. The molecule has 0 spiro atoms. The van der Waals surface area contributed by atoms with Gasteiger partial charge in [0.05, 0.1) is 25.5 Å². The fourth-order valence-electron chi connectivity index (χ4n) is 3.90. The Morgan fingerprint density at radius 3 is 2.55 bits per heavy atom. The van der Waals surface area contributed by atoms with Crippen LogP contribution in [0.4, 0.5) is 10.2 Å². The average molecular weight is 398 g/mol. The monoisotopic (exact) mass is 398 g/mol. The SMILES string of the molecule is CC(C)C(=O)N1CCc2nc(Cc3ccc(F)cc3)nc(N3CCOCC3)c2C1. The summed E-state index contributed by atoms with van der Waals surface area (Å²) in [6.45, 7) is 7.98. The van der Waals surface area contributed by atoms with Crippen molar-refractivity contribution in [3.8, 4) is 0 Å². The molecule has 1 aromatic heterocycles. The highest BCUT2D eigenvalue weighted by Crippen LogP contribution is 2.28. The molecule has 0 aliphatic carbocycles. The van der Waals surface area contributed by atoms with E-state index in [1.165, 1.54) is 12.1 Å². The lowest BCUT2D eigenvalue weighted by Crippen LogP contribution is -2.42. The van der Waals surface area contributed by atoms with Crippen molar-refractivity contribution in [1.29, 1.82) is 0 Å². The van der Waals surface area contributed by atoms with E-state index in [0.29, 0.717) is 32.7 Å². The Hall–Kier alpha value is -2.54. The van der Waals surface area contributed by atoms with Crippen molar-refractivity contribution in [3.05, 3.63) is 52.7 Å². The van der Waals surface area contributed by atoms with E-state index in [-0.39, 0.29) is 17.6 Å². The Labute approximate surface area is 170 Å². The predicted octanol–water partition coefficient (Wildman–Crippen LogP) is 2.58. The molecule has 0 atom stereocenters. The van der Waals surface area contributed by atoms with Crippen molar-refractivity contribution in [3.63, 3.8) is 0 Å². The molecule has 1 fully saturated rings. The second-order valence-electron chi connectivity index (χ2n) is 7.96. The summed E-state index contributed by atoms with van der Waals surface area (Å²) in [5, 5.41) is 0. The van der Waals surface area contributed by atoms with E-state index in [4.69, 9.17) is 14.7 Å². The number of rotatable bonds is 4. The molecule has 3 heterocycles. The number of halogens is 1. The van der Waals surface area contributed by atoms with Crippen LogP contribution in [0.25, 0.3) is 0 Å². The van der Waals surface area contributed by atoms with Gasteiger partial charge in [-0.3, -0.25) is 4.79 Å². The van der Waals surface area contributed by atoms with Gasteiger partial charge >= 0.3 is 0 Å². The maximum absolute atomic E-state index is 13.2. The van der Waals surface area contributed by atoms with E-state index < -0.39 is 0 Å². The number of aromatic nitrogens is 2. The van der Waals surface area contributed by atoms with Crippen LogP contribution in [0.2, 0.25) is 0 Å². The van der Waals surface area contributed by atoms with Gasteiger partial charge in [-0.15, -0.1) is 0 Å². The Morgan fingerprint density at radius 2 is 1.86 bits per heavy atom. The quantitative estimate of drug-likeness (QED) is 0.792. The maximum atomic E-state index is 13.2. The number of anilines is 1. The molecule has 2 aliphatic heterocycles. The summed E-state index contributed by atoms with van der Waals surface area (Å²) in [6, 6.07) is 6.48. The lowest BCUT2D eigenvalue weighted by atomic mass is 10.0. The van der Waals surface area contributed by atoms with Crippen molar-refractivity contribution in [2.75, 3.05) is 37.7 Å². The number of benzene rings is 1. The van der Waals surface area contributed by atoms with Crippen LogP contribution in [0.5, 0.6) is 0 Å². The average Bonchev–Trinajstić information content (AvgIpc) is 2.74. The molecular formula is C22H27FN4O2. The summed E-state index contributed by atoms with van der Waals surface area (Å²) < 4.78 is 18.7. The Balaban J connectivity index is 1.67. The minimum Gasteiger partial charge on any atom is -0.378 e. The first-order chi connectivity index (χ1) is 14.0. The molecule has 4 rings (SSSR count). The molecule has 0 unspecified atom stereocenters. The Kier molecular flexibility index (Phi) is 5.76. The lowest BCUT2D eigenvalue weighted by molar-refractivity contribution is -0.135. The summed E-state index contributed by atoms with van der Waals surface area (Å²) in [6.07, 6.45) is 1.28. The van der Waals surface area contributed by atoms with Crippen LogP contribution in [-0.4, -0.2) is 53.6 Å². The van der Waals surface area contributed by atoms with Gasteiger partial charge in [0.2, 0.25) is 5.91 Å². The number of carbonyl (C=O) groups excluding carboxylic acids is 1. The lowest BCUT2D eigenvalue weighted by Gasteiger charge is -2.35. The van der Waals surface area contributed by atoms with Crippen LogP contribution in [0, 0.1) is 11.7 Å². The van der Waals surface area contributed by atoms with Gasteiger partial charge in [0.25, 0.3) is 0 Å². The zero-order valence-electron chi connectivity index (χ0n) is 17.0. The maximum Gasteiger partial charge on any atom is 0.225 e. The normalized spacial score (nSPS) is 16.8. The van der Waals surface area contributed by atoms with Gasteiger partial charge in [-0.05, 0) is 17.7 Å². The zero-order valence-corrected chi connectivity index (χ0v) is 17.0. The van der Waals surface area contributed by atoms with Crippen LogP contribution in [0.3, 0.4) is 0 Å². The largest absolute Gasteiger partial charge is 0.378 e. The van der Waals surface area contributed by atoms with Gasteiger partial charge in [0.15, 0.2) is 0 Å². The van der Waals surface area contributed by atoms with Crippen LogP contribution in [-0.2, 0) is 28.9 Å². The van der Waals surface area contributed by atoms with Crippen LogP contribution in [0.15, 0.2) is 24.3 Å². The molecule has 1 aromatic carbocycles. The van der Waals surface area contributed by atoms with Crippen LogP contribution < -0.4 is 4.90 Å². The number of hydrogen-bond donors (Lipinski definition) is 0. The molecule has 7 heteroatoms. The minimum atomic E-state index is -0.246. The van der Waals surface area contributed by atoms with E-state index in [0.717, 1.165) is 48.0 Å². The van der Waals surface area contributed by atoms with Crippen molar-refractivity contribution < 1.29 is 13.9 Å². The molecule has 2 aliphatic rings. The number of amides is 1. The van der Waals surface area contributed by atoms with Crippen LogP contribution in [0.1, 0.15) is 36.5 Å². The first kappa shape index (κ1) is 19.8. The molecular weight excluding hydrogens is 371 g/mol. The second-order valence-corrected chi connectivity index (χ2v) is 7.96. The summed E-state index contributed by atoms with van der Waals surface area (Å²) in [4.78, 5) is 26.4. The van der Waals surface area contributed by atoms with Crippen molar-refractivity contribution in [2.45, 2.75) is 33.2 Å². The van der Waals surface area contributed by atoms with E-state index in [2.05, 4.69) is 4.90 Å². The molecule has 2 aromatic rings. The fraction of sp³-hybridized carbons (Fsp3) is 0.500. The third kappa shape index (κ3) is 4.40. The first-order valence-electron chi connectivity index (χ1n) is 10.3. The second kappa shape index (κ2) is 8.45. The first-order valence-corrected chi connectivity index (χ1v) is 10.3. The third-order valence-corrected chi connectivity index (χ3v) is 5.48. The number of morpholine rings is 1. The van der Waals surface area contributed by atoms with Gasteiger partial charge in [-0.1, -0.05) is 26.0 Å². The Bertz CT molecular complexity index is 879. The minimum absolute atomic E-state index is 0.0259. The highest BCUT2D eigenvalue weighted by molar-refractivity contribution is 5.78. The van der Waals surface area contributed by atoms with E-state index in [1.54, 1.807) is 12.1 Å². The summed E-state index contributed by atoms with van der Waals surface area (Å²) >= 11 is 0. The fourth-order valence-corrected chi connectivity index (χ4v) is 3.90. The van der Waals surface area contributed by atoms with Crippen molar-refractivity contribution >= 4 is 11.7 Å². The molecule has 0 radical (unpaired) electrons.